The molecule has 0 aliphatic heterocycles. The molecular formula is C47H30N4. The number of hydrogen-bond donors (Lipinski definition) is 0. The molecule has 4 nitrogen and oxygen atoms in total. The number of anilines is 3. The smallest absolute Gasteiger partial charge is 0.0956 e. The number of aromatic nitrogens is 3. The Morgan fingerprint density at radius 2 is 1.12 bits per heavy atom. The number of hydrogen-bond acceptors (Lipinski definition) is 4. The molecule has 0 saturated heterocycles. The van der Waals surface area contributed by atoms with Crippen LogP contribution in [0.1, 0.15) is 0 Å². The van der Waals surface area contributed by atoms with Crippen LogP contribution in [0.15, 0.2) is 182 Å². The standard InChI is InChI=1S/C47H30N4/c1-4-14-31(15-5-1)46-44-39(40-29-48-30-41-37(40)26-25-32-17-13-27-49-45(32)41)28-33-16-10-11-22-36(33)43(44)38-23-12-24-42(47(38)50-46)51(34-18-6-2-7-19-34)35-20-8-3-9-21-35/h1-30H. The molecule has 0 atom stereocenters. The average molecular weight is 651 g/mol. The third-order valence-corrected chi connectivity index (χ3v) is 9.91. The van der Waals surface area contributed by atoms with Gasteiger partial charge in [0.25, 0.3) is 0 Å². The van der Waals surface area contributed by atoms with E-state index in [4.69, 9.17) is 15.0 Å². The van der Waals surface area contributed by atoms with Gasteiger partial charge in [0.15, 0.2) is 0 Å². The SMILES string of the molecule is c1ccc(-c2nc3c(N(c4ccccc4)c4ccccc4)cccc3c3c2c(-c2cncc4c2ccc2cccnc24)cc2ccccc23)cc1. The van der Waals surface area contributed by atoms with Gasteiger partial charge in [-0.3, -0.25) is 9.97 Å². The van der Waals surface area contributed by atoms with Crippen LogP contribution in [-0.2, 0) is 0 Å². The Morgan fingerprint density at radius 3 is 1.90 bits per heavy atom. The third kappa shape index (κ3) is 4.72. The number of benzene rings is 7. The van der Waals surface area contributed by atoms with Crippen LogP contribution in [0.25, 0.3) is 76.5 Å². The summed E-state index contributed by atoms with van der Waals surface area (Å²) in [5.74, 6) is 0. The maximum absolute atomic E-state index is 5.69. The maximum atomic E-state index is 5.69. The van der Waals surface area contributed by atoms with Crippen molar-refractivity contribution in [1.82, 2.24) is 15.0 Å². The first kappa shape index (κ1) is 29.0. The highest BCUT2D eigenvalue weighted by molar-refractivity contribution is 6.29. The fourth-order valence-electron chi connectivity index (χ4n) is 7.67. The Kier molecular flexibility index (Phi) is 6.78. The zero-order valence-corrected chi connectivity index (χ0v) is 27.6. The van der Waals surface area contributed by atoms with E-state index in [0.717, 1.165) is 82.8 Å². The van der Waals surface area contributed by atoms with E-state index in [-0.39, 0.29) is 0 Å². The van der Waals surface area contributed by atoms with Crippen LogP contribution in [0.2, 0.25) is 0 Å². The summed E-state index contributed by atoms with van der Waals surface area (Å²) in [6.45, 7) is 0. The first-order valence-corrected chi connectivity index (χ1v) is 17.2. The largest absolute Gasteiger partial charge is 0.308 e. The van der Waals surface area contributed by atoms with E-state index < -0.39 is 0 Å². The molecule has 10 aromatic rings. The molecule has 3 heterocycles. The molecule has 51 heavy (non-hydrogen) atoms. The van der Waals surface area contributed by atoms with E-state index in [2.05, 4.69) is 163 Å². The van der Waals surface area contributed by atoms with Crippen LogP contribution in [0.3, 0.4) is 0 Å². The summed E-state index contributed by atoms with van der Waals surface area (Å²) in [5.41, 5.74) is 9.19. The van der Waals surface area contributed by atoms with E-state index >= 15 is 0 Å². The average Bonchev–Trinajstić information content (AvgIpc) is 3.21. The highest BCUT2D eigenvalue weighted by atomic mass is 15.1. The van der Waals surface area contributed by atoms with Crippen molar-refractivity contribution in [1.29, 1.82) is 0 Å². The summed E-state index contributed by atoms with van der Waals surface area (Å²) in [7, 11) is 0. The zero-order chi connectivity index (χ0) is 33.7. The van der Waals surface area contributed by atoms with E-state index in [9.17, 15) is 0 Å². The molecule has 4 heteroatoms. The van der Waals surface area contributed by atoms with Crippen molar-refractivity contribution in [3.63, 3.8) is 0 Å². The molecule has 0 aliphatic rings. The van der Waals surface area contributed by atoms with Gasteiger partial charge in [-0.15, -0.1) is 0 Å². The van der Waals surface area contributed by atoms with E-state index in [1.54, 1.807) is 0 Å². The van der Waals surface area contributed by atoms with Crippen LogP contribution in [0, 0.1) is 0 Å². The maximum Gasteiger partial charge on any atom is 0.0956 e. The summed E-state index contributed by atoms with van der Waals surface area (Å²) in [6.07, 6.45) is 5.80. The lowest BCUT2D eigenvalue weighted by molar-refractivity contribution is 1.28. The summed E-state index contributed by atoms with van der Waals surface area (Å²) in [4.78, 5) is 17.6. The minimum atomic E-state index is 0.934. The lowest BCUT2D eigenvalue weighted by Gasteiger charge is -2.27. The first-order chi connectivity index (χ1) is 25.3. The second kappa shape index (κ2) is 11.9. The molecule has 10 rings (SSSR count). The minimum absolute atomic E-state index is 0.934. The fourth-order valence-corrected chi connectivity index (χ4v) is 7.67. The highest BCUT2D eigenvalue weighted by Crippen LogP contribution is 2.47. The van der Waals surface area contributed by atoms with Gasteiger partial charge < -0.3 is 4.90 Å². The van der Waals surface area contributed by atoms with Gasteiger partial charge in [0.1, 0.15) is 0 Å². The van der Waals surface area contributed by atoms with Crippen molar-refractivity contribution in [3.05, 3.63) is 182 Å². The Morgan fingerprint density at radius 1 is 0.431 bits per heavy atom. The number of para-hydroxylation sites is 3. The third-order valence-electron chi connectivity index (χ3n) is 9.91. The zero-order valence-electron chi connectivity index (χ0n) is 27.6. The second-order valence-corrected chi connectivity index (χ2v) is 12.8. The Labute approximate surface area is 294 Å². The molecule has 238 valence electrons. The van der Waals surface area contributed by atoms with Gasteiger partial charge in [-0.25, -0.2) is 4.98 Å². The number of fused-ring (bicyclic) bond motifs is 8. The number of rotatable bonds is 5. The molecule has 0 aliphatic carbocycles. The predicted octanol–water partition coefficient (Wildman–Crippen LogP) is 12.4. The molecule has 0 unspecified atom stereocenters. The lowest BCUT2D eigenvalue weighted by atomic mass is 9.87. The summed E-state index contributed by atoms with van der Waals surface area (Å²) >= 11 is 0. The van der Waals surface area contributed by atoms with Crippen LogP contribution >= 0.6 is 0 Å². The summed E-state index contributed by atoms with van der Waals surface area (Å²) < 4.78 is 0. The summed E-state index contributed by atoms with van der Waals surface area (Å²) in [5, 5.41) is 8.96. The van der Waals surface area contributed by atoms with Crippen molar-refractivity contribution >= 4 is 71.2 Å². The van der Waals surface area contributed by atoms with Crippen LogP contribution in [0.5, 0.6) is 0 Å². The Hall–Kier alpha value is -6.91. The molecule has 7 aromatic carbocycles. The van der Waals surface area contributed by atoms with Crippen LogP contribution in [-0.4, -0.2) is 15.0 Å². The van der Waals surface area contributed by atoms with Gasteiger partial charge in [-0.05, 0) is 64.2 Å². The van der Waals surface area contributed by atoms with E-state index in [0.29, 0.717) is 0 Å². The highest BCUT2D eigenvalue weighted by Gasteiger charge is 2.23. The predicted molar refractivity (Wildman–Crippen MR) is 213 cm³/mol. The van der Waals surface area contributed by atoms with Gasteiger partial charge >= 0.3 is 0 Å². The second-order valence-electron chi connectivity index (χ2n) is 12.8. The molecule has 0 fully saturated rings. The van der Waals surface area contributed by atoms with Gasteiger partial charge in [0, 0.05) is 68.0 Å². The quantitative estimate of drug-likeness (QED) is 0.174. The lowest BCUT2D eigenvalue weighted by Crippen LogP contribution is -2.11. The molecule has 0 bridgehead atoms. The number of pyridine rings is 3. The molecule has 0 N–H and O–H groups in total. The minimum Gasteiger partial charge on any atom is -0.308 e. The van der Waals surface area contributed by atoms with Gasteiger partial charge in [0.05, 0.1) is 22.4 Å². The molecule has 0 spiro atoms. The summed E-state index contributed by atoms with van der Waals surface area (Å²) in [6, 6.07) is 57.8. The Balaban J connectivity index is 1.39. The van der Waals surface area contributed by atoms with Crippen LogP contribution < -0.4 is 4.90 Å². The van der Waals surface area contributed by atoms with Gasteiger partial charge in [0.2, 0.25) is 0 Å². The Bertz CT molecular complexity index is 2870. The van der Waals surface area contributed by atoms with E-state index in [1.165, 1.54) is 10.8 Å². The van der Waals surface area contributed by atoms with Gasteiger partial charge in [-0.1, -0.05) is 121 Å². The van der Waals surface area contributed by atoms with Crippen molar-refractivity contribution in [2.45, 2.75) is 0 Å². The van der Waals surface area contributed by atoms with Gasteiger partial charge in [-0.2, -0.15) is 0 Å². The monoisotopic (exact) mass is 650 g/mol. The molecule has 3 aromatic heterocycles. The first-order valence-electron chi connectivity index (χ1n) is 17.2. The van der Waals surface area contributed by atoms with Crippen molar-refractivity contribution in [2.75, 3.05) is 4.90 Å². The number of nitrogens with zero attached hydrogens (tertiary/aromatic N) is 4. The van der Waals surface area contributed by atoms with Crippen molar-refractivity contribution < 1.29 is 0 Å². The normalized spacial score (nSPS) is 11.5. The topological polar surface area (TPSA) is 41.9 Å². The molecule has 0 saturated carbocycles. The van der Waals surface area contributed by atoms with Crippen LogP contribution in [0.4, 0.5) is 17.1 Å². The van der Waals surface area contributed by atoms with E-state index in [1.807, 2.05) is 24.7 Å². The fraction of sp³-hybridized carbons (Fsp3) is 0. The van der Waals surface area contributed by atoms with Crippen molar-refractivity contribution in [2.24, 2.45) is 0 Å². The molecule has 0 radical (unpaired) electrons. The molecule has 0 amide bonds. The van der Waals surface area contributed by atoms with Crippen molar-refractivity contribution in [3.8, 4) is 22.4 Å². The molecular weight excluding hydrogens is 621 g/mol.